The highest BCUT2D eigenvalue weighted by Crippen LogP contribution is 2.42. The molecule has 0 saturated carbocycles. The first-order valence-corrected chi connectivity index (χ1v) is 9.04. The smallest absolute Gasteiger partial charge is 0.341 e. The number of esters is 1. The Morgan fingerprint density at radius 2 is 2.17 bits per heavy atom. The van der Waals surface area contributed by atoms with E-state index in [4.69, 9.17) is 9.47 Å². The summed E-state index contributed by atoms with van der Waals surface area (Å²) in [5.74, 6) is 0.406. The highest BCUT2D eigenvalue weighted by Gasteiger charge is 2.45. The van der Waals surface area contributed by atoms with Crippen LogP contribution in [0.25, 0.3) is 10.4 Å². The summed E-state index contributed by atoms with van der Waals surface area (Å²) < 4.78 is 10.5. The van der Waals surface area contributed by atoms with Crippen molar-refractivity contribution in [3.05, 3.63) is 35.3 Å². The van der Waals surface area contributed by atoms with Crippen LogP contribution in [0.2, 0.25) is 0 Å². The van der Waals surface area contributed by atoms with Crippen LogP contribution < -0.4 is 4.90 Å². The van der Waals surface area contributed by atoms with E-state index in [0.717, 1.165) is 55.4 Å². The molecule has 2 fully saturated rings. The normalized spacial score (nSPS) is 19.1. The van der Waals surface area contributed by atoms with E-state index < -0.39 is 0 Å². The summed E-state index contributed by atoms with van der Waals surface area (Å²) in [6.07, 6.45) is 4.03. The molecule has 0 aromatic carbocycles. The summed E-state index contributed by atoms with van der Waals surface area (Å²) in [5, 5.41) is 2.02. The first kappa shape index (κ1) is 15.6. The molecule has 6 heteroatoms. The number of carbonyl (C=O) groups excluding carboxylic acids is 1. The number of methoxy groups -OCH3 is 1. The van der Waals surface area contributed by atoms with E-state index in [9.17, 15) is 4.79 Å². The second-order valence-corrected chi connectivity index (χ2v) is 7.48. The third-order valence-corrected chi connectivity index (χ3v) is 5.90. The number of nitrogens with zero attached hydrogens (tertiary/aromatic N) is 2. The first-order valence-electron chi connectivity index (χ1n) is 8.16. The quantitative estimate of drug-likeness (QED) is 0.800. The van der Waals surface area contributed by atoms with Gasteiger partial charge in [0.1, 0.15) is 11.4 Å². The van der Waals surface area contributed by atoms with Crippen molar-refractivity contribution in [2.24, 2.45) is 5.41 Å². The average molecular weight is 344 g/mol. The van der Waals surface area contributed by atoms with E-state index in [2.05, 4.69) is 9.88 Å². The Balaban J connectivity index is 1.62. The van der Waals surface area contributed by atoms with Gasteiger partial charge >= 0.3 is 5.97 Å². The van der Waals surface area contributed by atoms with Gasteiger partial charge in [-0.1, -0.05) is 6.07 Å². The van der Waals surface area contributed by atoms with Crippen LogP contribution in [0.15, 0.2) is 29.8 Å². The van der Waals surface area contributed by atoms with Crippen molar-refractivity contribution in [1.29, 1.82) is 0 Å². The van der Waals surface area contributed by atoms with Gasteiger partial charge in [0.05, 0.1) is 7.11 Å². The lowest BCUT2D eigenvalue weighted by atomic mass is 9.73. The Hall–Kier alpha value is -1.92. The van der Waals surface area contributed by atoms with Gasteiger partial charge in [0.2, 0.25) is 0 Å². The first-order chi connectivity index (χ1) is 11.7. The summed E-state index contributed by atoms with van der Waals surface area (Å²) in [6, 6.07) is 5.92. The molecule has 4 heterocycles. The number of hydrogen-bond donors (Lipinski definition) is 0. The SMILES string of the molecule is COC(=O)c1cc(-c2cccs2)cnc1N1CC2(CCOCC2)C1. The Morgan fingerprint density at radius 3 is 2.83 bits per heavy atom. The molecule has 0 bridgehead atoms. The molecule has 0 radical (unpaired) electrons. The maximum Gasteiger partial charge on any atom is 0.341 e. The highest BCUT2D eigenvalue weighted by molar-refractivity contribution is 7.13. The van der Waals surface area contributed by atoms with Gasteiger partial charge in [-0.2, -0.15) is 0 Å². The largest absolute Gasteiger partial charge is 0.465 e. The molecule has 2 aromatic heterocycles. The van der Waals surface area contributed by atoms with Crippen LogP contribution in [0.4, 0.5) is 5.82 Å². The fourth-order valence-corrected chi connectivity index (χ4v) is 4.29. The molecule has 2 saturated heterocycles. The Bertz CT molecular complexity index is 731. The molecule has 0 atom stereocenters. The second kappa shape index (κ2) is 6.18. The van der Waals surface area contributed by atoms with Crippen molar-refractivity contribution in [2.45, 2.75) is 12.8 Å². The predicted octanol–water partition coefficient (Wildman–Crippen LogP) is 3.21. The lowest BCUT2D eigenvalue weighted by Gasteiger charge is -2.53. The van der Waals surface area contributed by atoms with Crippen LogP contribution in [0.5, 0.6) is 0 Å². The molecule has 0 unspecified atom stereocenters. The maximum atomic E-state index is 12.3. The van der Waals surface area contributed by atoms with Crippen LogP contribution in [-0.4, -0.2) is 44.4 Å². The van der Waals surface area contributed by atoms with Crippen molar-refractivity contribution >= 4 is 23.1 Å². The number of hydrogen-bond acceptors (Lipinski definition) is 6. The molecular weight excluding hydrogens is 324 g/mol. The summed E-state index contributed by atoms with van der Waals surface area (Å²) in [6.45, 7) is 3.54. The van der Waals surface area contributed by atoms with Crippen molar-refractivity contribution in [2.75, 3.05) is 38.3 Å². The van der Waals surface area contributed by atoms with Gasteiger partial charge in [0, 0.05) is 48.4 Å². The van der Waals surface area contributed by atoms with Gasteiger partial charge in [0.25, 0.3) is 0 Å². The summed E-state index contributed by atoms with van der Waals surface area (Å²) in [7, 11) is 1.42. The van der Waals surface area contributed by atoms with Gasteiger partial charge in [0.15, 0.2) is 0 Å². The zero-order valence-electron chi connectivity index (χ0n) is 13.7. The molecule has 126 valence electrons. The molecule has 5 nitrogen and oxygen atoms in total. The molecule has 0 N–H and O–H groups in total. The molecule has 0 amide bonds. The standard InChI is InChI=1S/C18H20N2O3S/c1-22-17(21)14-9-13(15-3-2-8-24-15)10-19-16(14)20-11-18(12-20)4-6-23-7-5-18/h2-3,8-10H,4-7,11-12H2,1H3. The number of carbonyl (C=O) groups is 1. The zero-order valence-corrected chi connectivity index (χ0v) is 14.5. The minimum Gasteiger partial charge on any atom is -0.465 e. The molecular formula is C18H20N2O3S. The number of thiophene rings is 1. The zero-order chi connectivity index (χ0) is 16.6. The van der Waals surface area contributed by atoms with Crippen LogP contribution >= 0.6 is 11.3 Å². The molecule has 24 heavy (non-hydrogen) atoms. The number of anilines is 1. The van der Waals surface area contributed by atoms with Gasteiger partial charge in [-0.3, -0.25) is 0 Å². The summed E-state index contributed by atoms with van der Waals surface area (Å²) >= 11 is 1.64. The number of aromatic nitrogens is 1. The van der Waals surface area contributed by atoms with Crippen LogP contribution in [0.1, 0.15) is 23.2 Å². The van der Waals surface area contributed by atoms with E-state index in [-0.39, 0.29) is 5.97 Å². The Morgan fingerprint density at radius 1 is 1.38 bits per heavy atom. The molecule has 1 spiro atoms. The topological polar surface area (TPSA) is 51.7 Å². The Kier molecular flexibility index (Phi) is 4.02. The van der Waals surface area contributed by atoms with Crippen molar-refractivity contribution < 1.29 is 14.3 Å². The average Bonchev–Trinajstić information content (AvgIpc) is 3.14. The predicted molar refractivity (Wildman–Crippen MR) is 93.6 cm³/mol. The second-order valence-electron chi connectivity index (χ2n) is 6.53. The molecule has 0 aliphatic carbocycles. The molecule has 4 rings (SSSR count). The molecule has 2 aliphatic rings. The minimum absolute atomic E-state index is 0.330. The molecule has 2 aromatic rings. The van der Waals surface area contributed by atoms with Crippen molar-refractivity contribution in [3.63, 3.8) is 0 Å². The fraction of sp³-hybridized carbons (Fsp3) is 0.444. The van der Waals surface area contributed by atoms with E-state index in [0.29, 0.717) is 11.0 Å². The van der Waals surface area contributed by atoms with Crippen LogP contribution in [0, 0.1) is 5.41 Å². The third kappa shape index (κ3) is 2.70. The van der Waals surface area contributed by atoms with Crippen molar-refractivity contribution in [1.82, 2.24) is 4.98 Å². The van der Waals surface area contributed by atoms with Gasteiger partial charge in [-0.25, -0.2) is 9.78 Å². The van der Waals surface area contributed by atoms with E-state index in [1.807, 2.05) is 29.8 Å². The minimum atomic E-state index is -0.330. The Labute approximate surface area is 145 Å². The van der Waals surface area contributed by atoms with E-state index >= 15 is 0 Å². The number of pyridine rings is 1. The van der Waals surface area contributed by atoms with Gasteiger partial charge < -0.3 is 14.4 Å². The van der Waals surface area contributed by atoms with Crippen molar-refractivity contribution in [3.8, 4) is 10.4 Å². The lowest BCUT2D eigenvalue weighted by molar-refractivity contribution is -0.000585. The van der Waals surface area contributed by atoms with E-state index in [1.54, 1.807) is 11.3 Å². The van der Waals surface area contributed by atoms with Crippen LogP contribution in [-0.2, 0) is 9.47 Å². The highest BCUT2D eigenvalue weighted by atomic mass is 32.1. The maximum absolute atomic E-state index is 12.3. The van der Waals surface area contributed by atoms with Gasteiger partial charge in [-0.15, -0.1) is 11.3 Å². The van der Waals surface area contributed by atoms with E-state index in [1.165, 1.54) is 7.11 Å². The lowest BCUT2D eigenvalue weighted by Crippen LogP contribution is -2.59. The number of rotatable bonds is 3. The summed E-state index contributed by atoms with van der Waals surface area (Å²) in [5.41, 5.74) is 1.83. The molecule has 2 aliphatic heterocycles. The third-order valence-electron chi connectivity index (χ3n) is 4.98. The fourth-order valence-electron chi connectivity index (χ4n) is 3.58. The summed E-state index contributed by atoms with van der Waals surface area (Å²) in [4.78, 5) is 20.2. The number of ether oxygens (including phenoxy) is 2. The van der Waals surface area contributed by atoms with Gasteiger partial charge in [-0.05, 0) is 30.4 Å². The van der Waals surface area contributed by atoms with Crippen LogP contribution in [0.3, 0.4) is 0 Å². The monoisotopic (exact) mass is 344 g/mol.